The molecule has 8 heterocycles. The molecule has 0 spiro atoms. The minimum Gasteiger partial charge on any atom is -0.495 e. The number of ether oxygens (including phenoxy) is 3. The lowest BCUT2D eigenvalue weighted by molar-refractivity contribution is -0.135. The number of halogens is 3. The summed E-state index contributed by atoms with van der Waals surface area (Å²) in [6.45, 7) is 2.83. The van der Waals surface area contributed by atoms with Crippen LogP contribution in [0.4, 0.5) is 24.7 Å². The molecule has 3 amide bonds. The molecule has 4 aromatic heterocycles. The van der Waals surface area contributed by atoms with Gasteiger partial charge in [0, 0.05) is 52.0 Å². The van der Waals surface area contributed by atoms with Crippen LogP contribution in [0.3, 0.4) is 0 Å². The molecule has 21 heteroatoms. The number of nitrogens with one attached hydrogen (secondary N) is 2. The predicted molar refractivity (Wildman–Crippen MR) is 232 cm³/mol. The fraction of sp³-hybridized carbons (Fsp3) is 0.533. The molecule has 0 radical (unpaired) electrons. The number of aromatic nitrogens is 7. The molecule has 1 unspecified atom stereocenters. The third kappa shape index (κ3) is 8.19. The van der Waals surface area contributed by atoms with Crippen LogP contribution in [0, 0.1) is 17.8 Å². The second-order valence-corrected chi connectivity index (χ2v) is 17.9. The Bertz CT molecular complexity index is 2820. The van der Waals surface area contributed by atoms with Gasteiger partial charge in [0.15, 0.2) is 11.3 Å². The first-order chi connectivity index (χ1) is 31.9. The summed E-state index contributed by atoms with van der Waals surface area (Å²) in [6.07, 6.45) is 4.67. The number of anilines is 2. The number of amides is 3. The number of fused-ring (bicyclic) bond motifs is 4. The van der Waals surface area contributed by atoms with Crippen molar-refractivity contribution in [1.29, 1.82) is 0 Å². The molecule has 10 rings (SSSR count). The minimum absolute atomic E-state index is 0.0579. The molecule has 5 atom stereocenters. The van der Waals surface area contributed by atoms with Crippen molar-refractivity contribution in [3.8, 4) is 17.6 Å². The van der Waals surface area contributed by atoms with Crippen LogP contribution in [0.25, 0.3) is 16.7 Å². The fourth-order valence-corrected chi connectivity index (χ4v) is 10.4. The summed E-state index contributed by atoms with van der Waals surface area (Å²) in [7, 11) is 3.07. The number of piperidine rings is 2. The van der Waals surface area contributed by atoms with Crippen LogP contribution >= 0.6 is 0 Å². The Morgan fingerprint density at radius 1 is 1.08 bits per heavy atom. The lowest BCUT2D eigenvalue weighted by atomic mass is 9.85. The molecule has 18 nitrogen and oxygen atoms in total. The number of imidazole rings is 1. The van der Waals surface area contributed by atoms with Crippen molar-refractivity contribution >= 4 is 45.9 Å². The van der Waals surface area contributed by atoms with Gasteiger partial charge in [-0.2, -0.15) is 10.2 Å². The van der Waals surface area contributed by atoms with Gasteiger partial charge in [0.2, 0.25) is 11.8 Å². The number of rotatable bonds is 11. The molecule has 5 aliphatic rings. The molecular weight excluding hydrogens is 864 g/mol. The number of aryl methyl sites for hydroxylation is 1. The second-order valence-electron chi connectivity index (χ2n) is 17.9. The Kier molecular flexibility index (Phi) is 11.8. The summed E-state index contributed by atoms with van der Waals surface area (Å²) < 4.78 is 67.2. The number of carbonyl (C=O) groups excluding carboxylic acids is 3. The van der Waals surface area contributed by atoms with E-state index in [4.69, 9.17) is 19.2 Å². The van der Waals surface area contributed by atoms with E-state index in [2.05, 4.69) is 42.5 Å². The standard InChI is InChI=1S/C45H50F3N11O7/c1-54-40-29(35(64-2)11-9-33(40)59(45(54)63)34-10-12-38(60)52-44(34)62)4-3-17-65-36-13-15-55(22-31(36)46)20-25-5-7-26(8-6-25)58-23-32(39(53-58)41(47)48)50-43(61)30-19-49-57-16-14-37(51-42(30)57)56-21-28-18-27(56)24-66-28/h9,11,14,16,19,23,25-28,31,34,36,41H,5-8,10,12-13,15,17-18,20-22,24H2,1-2H3,(H,50,61)(H,52,60,62)/t25?,26?,27-,28-,31+,34?,36-/m1/s1. The van der Waals surface area contributed by atoms with Crippen molar-refractivity contribution in [1.82, 2.24) is 43.7 Å². The van der Waals surface area contributed by atoms with Gasteiger partial charge in [-0.05, 0) is 69.1 Å². The summed E-state index contributed by atoms with van der Waals surface area (Å²) in [4.78, 5) is 60.4. The van der Waals surface area contributed by atoms with Crippen molar-refractivity contribution < 1.29 is 41.8 Å². The third-order valence-electron chi connectivity index (χ3n) is 13.8. The Labute approximate surface area is 376 Å². The van der Waals surface area contributed by atoms with Gasteiger partial charge in [-0.3, -0.25) is 38.4 Å². The van der Waals surface area contributed by atoms with E-state index in [1.165, 1.54) is 33.2 Å². The second kappa shape index (κ2) is 17.9. The van der Waals surface area contributed by atoms with Gasteiger partial charge in [-0.25, -0.2) is 27.5 Å². The summed E-state index contributed by atoms with van der Waals surface area (Å²) in [5.74, 6) is 5.91. The van der Waals surface area contributed by atoms with Gasteiger partial charge in [0.05, 0.1) is 66.5 Å². The Morgan fingerprint density at radius 3 is 2.64 bits per heavy atom. The maximum Gasteiger partial charge on any atom is 0.329 e. The van der Waals surface area contributed by atoms with Gasteiger partial charge in [-0.15, -0.1) is 0 Å². The molecule has 1 aliphatic carbocycles. The predicted octanol–water partition coefficient (Wildman–Crippen LogP) is 3.94. The number of hydrogen-bond donors (Lipinski definition) is 2. The van der Waals surface area contributed by atoms with E-state index in [1.807, 2.05) is 6.07 Å². The van der Waals surface area contributed by atoms with Crippen LogP contribution in [-0.2, 0) is 26.1 Å². The lowest BCUT2D eigenvalue weighted by Gasteiger charge is -2.38. The number of methoxy groups -OCH3 is 1. The molecule has 2 bridgehead atoms. The van der Waals surface area contributed by atoms with Crippen molar-refractivity contribution in [2.75, 3.05) is 56.7 Å². The Morgan fingerprint density at radius 2 is 1.91 bits per heavy atom. The highest BCUT2D eigenvalue weighted by molar-refractivity contribution is 6.08. The van der Waals surface area contributed by atoms with Crippen molar-refractivity contribution in [2.45, 2.75) is 94.3 Å². The van der Waals surface area contributed by atoms with E-state index < -0.39 is 47.9 Å². The molecule has 4 saturated heterocycles. The molecule has 1 aromatic carbocycles. The number of alkyl halides is 3. The van der Waals surface area contributed by atoms with E-state index in [0.29, 0.717) is 79.3 Å². The molecule has 348 valence electrons. The average Bonchev–Trinajstić information content (AvgIpc) is 4.16. The Hall–Kier alpha value is -6.24. The van der Waals surface area contributed by atoms with Crippen molar-refractivity contribution in [2.24, 2.45) is 13.0 Å². The topological polar surface area (TPSA) is 184 Å². The van der Waals surface area contributed by atoms with Crippen LogP contribution in [0.2, 0.25) is 0 Å². The summed E-state index contributed by atoms with van der Waals surface area (Å²) in [5, 5.41) is 13.5. The number of likely N-dealkylation sites (tertiary alicyclic amines) is 1. The van der Waals surface area contributed by atoms with Crippen LogP contribution in [0.5, 0.6) is 5.75 Å². The molecule has 5 aromatic rings. The van der Waals surface area contributed by atoms with Gasteiger partial charge in [0.25, 0.3) is 12.3 Å². The molecular formula is C45H50F3N11O7. The van der Waals surface area contributed by atoms with E-state index in [-0.39, 0.29) is 67.3 Å². The van der Waals surface area contributed by atoms with Crippen LogP contribution in [0.15, 0.2) is 41.6 Å². The average molecular weight is 914 g/mol. The first kappa shape index (κ1) is 43.6. The monoisotopic (exact) mass is 913 g/mol. The summed E-state index contributed by atoms with van der Waals surface area (Å²) in [5.41, 5.74) is 0.850. The minimum atomic E-state index is -2.91. The number of nitrogens with zero attached hydrogens (tertiary/aromatic N) is 9. The highest BCUT2D eigenvalue weighted by Gasteiger charge is 2.40. The van der Waals surface area contributed by atoms with E-state index in [1.54, 1.807) is 30.1 Å². The zero-order valence-corrected chi connectivity index (χ0v) is 36.5. The molecule has 4 aliphatic heterocycles. The molecule has 1 saturated carbocycles. The highest BCUT2D eigenvalue weighted by Crippen LogP contribution is 2.37. The number of morpholine rings is 1. The maximum absolute atomic E-state index is 15.6. The highest BCUT2D eigenvalue weighted by atomic mass is 19.3. The van der Waals surface area contributed by atoms with Crippen molar-refractivity contribution in [3.63, 3.8) is 0 Å². The summed E-state index contributed by atoms with van der Waals surface area (Å²) in [6, 6.07) is 4.43. The number of benzene rings is 1. The van der Waals surface area contributed by atoms with E-state index >= 15 is 4.39 Å². The molecule has 2 N–H and O–H groups in total. The van der Waals surface area contributed by atoms with E-state index in [9.17, 15) is 28.0 Å². The lowest BCUT2D eigenvalue weighted by Crippen LogP contribution is -2.47. The zero-order valence-electron chi connectivity index (χ0n) is 36.5. The number of carbonyl (C=O) groups is 3. The first-order valence-corrected chi connectivity index (χ1v) is 22.4. The summed E-state index contributed by atoms with van der Waals surface area (Å²) >= 11 is 0. The SMILES string of the molecule is COc1ccc2c(c1C#CCO[C@@H]1CCN(CC3CCC(n4cc(NC(=O)c5cnn6ccc(N7C[C@H]8C[C@@H]7CO8)nc56)c(C(F)F)n4)CC3)C[C@@H]1F)n(C)c(=O)n2C1CCC(=O)NC1=O. The molecule has 5 fully saturated rings. The van der Waals surface area contributed by atoms with Crippen LogP contribution in [-0.4, -0.2) is 127 Å². The zero-order chi connectivity index (χ0) is 45.8. The van der Waals surface area contributed by atoms with E-state index in [0.717, 1.165) is 19.3 Å². The fourth-order valence-electron chi connectivity index (χ4n) is 10.4. The van der Waals surface area contributed by atoms with Gasteiger partial charge < -0.3 is 24.4 Å². The quantitative estimate of drug-likeness (QED) is 0.144. The number of imide groups is 1. The van der Waals surface area contributed by atoms with Gasteiger partial charge in [0.1, 0.15) is 36.0 Å². The largest absolute Gasteiger partial charge is 0.495 e. The van der Waals surface area contributed by atoms with Crippen LogP contribution in [0.1, 0.15) is 91.5 Å². The number of hydrogen-bond acceptors (Lipinski definition) is 12. The smallest absolute Gasteiger partial charge is 0.329 e. The molecule has 66 heavy (non-hydrogen) atoms. The first-order valence-electron chi connectivity index (χ1n) is 22.4. The van der Waals surface area contributed by atoms with Gasteiger partial charge in [-0.1, -0.05) is 11.8 Å². The van der Waals surface area contributed by atoms with Gasteiger partial charge >= 0.3 is 5.69 Å². The van der Waals surface area contributed by atoms with Crippen molar-refractivity contribution in [3.05, 3.63) is 64.1 Å². The van der Waals surface area contributed by atoms with Crippen LogP contribution < -0.4 is 26.0 Å². The maximum atomic E-state index is 15.6. The third-order valence-corrected chi connectivity index (χ3v) is 13.8. The normalized spacial score (nSPS) is 25.7. The Balaban J connectivity index is 0.722.